The van der Waals surface area contributed by atoms with Crippen LogP contribution in [-0.2, 0) is 16.4 Å². The second kappa shape index (κ2) is 8.93. The Bertz CT molecular complexity index is 998. The van der Waals surface area contributed by atoms with Gasteiger partial charge in [0, 0.05) is 13.1 Å². The van der Waals surface area contributed by atoms with Gasteiger partial charge in [0.1, 0.15) is 17.6 Å². The Labute approximate surface area is 171 Å². The molecule has 154 valence electrons. The van der Waals surface area contributed by atoms with Crippen molar-refractivity contribution in [2.24, 2.45) is 5.92 Å². The summed E-state index contributed by atoms with van der Waals surface area (Å²) in [4.78, 5) is 2.25. The second-order valence-corrected chi connectivity index (χ2v) is 9.77. The third kappa shape index (κ3) is 5.55. The van der Waals surface area contributed by atoms with Gasteiger partial charge in [0.05, 0.1) is 22.3 Å². The van der Waals surface area contributed by atoms with E-state index in [0.29, 0.717) is 6.54 Å². The molecule has 0 N–H and O–H groups in total. The minimum absolute atomic E-state index is 0.00116. The number of halogens is 1. The van der Waals surface area contributed by atoms with Crippen LogP contribution in [-0.4, -0.2) is 38.3 Å². The second-order valence-electron chi connectivity index (χ2n) is 7.74. The summed E-state index contributed by atoms with van der Waals surface area (Å²) < 4.78 is 44.5. The lowest BCUT2D eigenvalue weighted by Crippen LogP contribution is -2.23. The van der Waals surface area contributed by atoms with Gasteiger partial charge < -0.3 is 4.74 Å². The van der Waals surface area contributed by atoms with Crippen LogP contribution in [0.15, 0.2) is 47.4 Å². The summed E-state index contributed by atoms with van der Waals surface area (Å²) in [5, 5.41) is 8.93. The highest BCUT2D eigenvalue weighted by molar-refractivity contribution is 7.91. The fourth-order valence-electron chi connectivity index (χ4n) is 3.59. The first kappa shape index (κ1) is 21.3. The number of nitriles is 1. The highest BCUT2D eigenvalue weighted by atomic mass is 32.2. The molecule has 1 atom stereocenters. The van der Waals surface area contributed by atoms with E-state index in [-0.39, 0.29) is 28.2 Å². The summed E-state index contributed by atoms with van der Waals surface area (Å²) in [5.41, 5.74) is 0.908. The van der Waals surface area contributed by atoms with Gasteiger partial charge in [-0.3, -0.25) is 4.90 Å². The van der Waals surface area contributed by atoms with E-state index in [1.807, 2.05) is 38.1 Å². The average Bonchev–Trinajstić information content (AvgIpc) is 3.09. The van der Waals surface area contributed by atoms with Crippen LogP contribution in [0, 0.1) is 23.1 Å². The molecule has 5 nitrogen and oxygen atoms in total. The monoisotopic (exact) mass is 416 g/mol. The van der Waals surface area contributed by atoms with Crippen LogP contribution in [0.2, 0.25) is 0 Å². The number of nitrogens with zero attached hydrogens (tertiary/aromatic N) is 2. The van der Waals surface area contributed by atoms with E-state index in [1.165, 1.54) is 6.07 Å². The molecule has 1 heterocycles. The molecule has 3 rings (SSSR count). The summed E-state index contributed by atoms with van der Waals surface area (Å²) in [6.45, 7) is 6.25. The van der Waals surface area contributed by atoms with Gasteiger partial charge in [-0.15, -0.1) is 0 Å². The highest BCUT2D eigenvalue weighted by Gasteiger charge is 2.28. The van der Waals surface area contributed by atoms with E-state index in [2.05, 4.69) is 4.90 Å². The van der Waals surface area contributed by atoms with E-state index < -0.39 is 15.7 Å². The lowest BCUT2D eigenvalue weighted by molar-refractivity contribution is 0.242. The topological polar surface area (TPSA) is 70.4 Å². The molecule has 1 fully saturated rings. The summed E-state index contributed by atoms with van der Waals surface area (Å²) in [6.07, 6.45) is 0.924. The molecular formula is C22H25FN2O3S. The molecule has 1 aliphatic heterocycles. The van der Waals surface area contributed by atoms with E-state index in [9.17, 15) is 12.8 Å². The molecule has 0 unspecified atom stereocenters. The summed E-state index contributed by atoms with van der Waals surface area (Å²) >= 11 is 0. The molecule has 0 spiro atoms. The molecule has 7 heteroatoms. The maximum Gasteiger partial charge on any atom is 0.178 e. The summed E-state index contributed by atoms with van der Waals surface area (Å²) in [7, 11) is -3.57. The van der Waals surface area contributed by atoms with Crippen molar-refractivity contribution in [2.75, 3.05) is 18.8 Å². The zero-order valence-electron chi connectivity index (χ0n) is 16.6. The Morgan fingerprint density at radius 3 is 2.62 bits per heavy atom. The van der Waals surface area contributed by atoms with Gasteiger partial charge in [0.2, 0.25) is 0 Å². The molecule has 0 amide bonds. The molecular weight excluding hydrogens is 391 g/mol. The van der Waals surface area contributed by atoms with Crippen LogP contribution in [0.5, 0.6) is 5.75 Å². The van der Waals surface area contributed by atoms with Crippen molar-refractivity contribution in [3.63, 3.8) is 0 Å². The van der Waals surface area contributed by atoms with Crippen molar-refractivity contribution >= 4 is 9.84 Å². The van der Waals surface area contributed by atoms with Crippen LogP contribution in [0.3, 0.4) is 0 Å². The Kier molecular flexibility index (Phi) is 6.56. The van der Waals surface area contributed by atoms with E-state index in [0.717, 1.165) is 43.0 Å². The molecule has 1 aliphatic rings. The number of ether oxygens (including phenoxy) is 1. The maximum absolute atomic E-state index is 13.5. The number of rotatable bonds is 7. The van der Waals surface area contributed by atoms with Crippen LogP contribution in [0.25, 0.3) is 0 Å². The SMILES string of the molecule is CC(C)Oc1ccc(CN2CC[C@@H](CS(=O)(=O)c3ccc(F)c(C#N)c3)C2)cc1. The van der Waals surface area contributed by atoms with Crippen molar-refractivity contribution in [1.29, 1.82) is 5.26 Å². The quantitative estimate of drug-likeness (QED) is 0.643. The first-order chi connectivity index (χ1) is 13.8. The minimum Gasteiger partial charge on any atom is -0.491 e. The molecule has 0 aromatic heterocycles. The number of likely N-dealkylation sites (tertiary alicyclic amines) is 1. The van der Waals surface area contributed by atoms with Gasteiger partial charge in [-0.2, -0.15) is 5.26 Å². The first-order valence-electron chi connectivity index (χ1n) is 9.67. The van der Waals surface area contributed by atoms with Crippen LogP contribution in [0.1, 0.15) is 31.4 Å². The fraction of sp³-hybridized carbons (Fsp3) is 0.409. The molecule has 0 radical (unpaired) electrons. The van der Waals surface area contributed by atoms with Gasteiger partial charge >= 0.3 is 0 Å². The van der Waals surface area contributed by atoms with Crippen LogP contribution >= 0.6 is 0 Å². The smallest absolute Gasteiger partial charge is 0.178 e. The minimum atomic E-state index is -3.57. The lowest BCUT2D eigenvalue weighted by atomic mass is 10.1. The number of hydrogen-bond donors (Lipinski definition) is 0. The van der Waals surface area contributed by atoms with Gasteiger partial charge in [-0.05, 0) is 68.6 Å². The van der Waals surface area contributed by atoms with Crippen molar-refractivity contribution in [1.82, 2.24) is 4.90 Å². The van der Waals surface area contributed by atoms with Gasteiger partial charge in [0.25, 0.3) is 0 Å². The third-order valence-electron chi connectivity index (χ3n) is 4.94. The number of hydrogen-bond acceptors (Lipinski definition) is 5. The van der Waals surface area contributed by atoms with Gasteiger partial charge in [-0.1, -0.05) is 12.1 Å². The number of benzene rings is 2. The Balaban J connectivity index is 1.59. The highest BCUT2D eigenvalue weighted by Crippen LogP contribution is 2.25. The Morgan fingerprint density at radius 1 is 1.24 bits per heavy atom. The largest absolute Gasteiger partial charge is 0.491 e. The summed E-state index contributed by atoms with van der Waals surface area (Å²) in [6, 6.07) is 13.1. The van der Waals surface area contributed by atoms with Gasteiger partial charge in [0.15, 0.2) is 9.84 Å². The molecule has 0 aliphatic carbocycles. The molecule has 0 bridgehead atoms. The van der Waals surface area contributed by atoms with Crippen LogP contribution < -0.4 is 4.74 Å². The van der Waals surface area contributed by atoms with Crippen LogP contribution in [0.4, 0.5) is 4.39 Å². The normalized spacial score (nSPS) is 17.4. The fourth-order valence-corrected chi connectivity index (χ4v) is 5.24. The maximum atomic E-state index is 13.5. The predicted octanol–water partition coefficient (Wildman–Crippen LogP) is 3.78. The van der Waals surface area contributed by atoms with E-state index in [1.54, 1.807) is 6.07 Å². The van der Waals surface area contributed by atoms with E-state index in [4.69, 9.17) is 10.00 Å². The molecule has 0 saturated carbocycles. The molecule has 29 heavy (non-hydrogen) atoms. The summed E-state index contributed by atoms with van der Waals surface area (Å²) in [5.74, 6) is 0.147. The average molecular weight is 417 g/mol. The Morgan fingerprint density at radius 2 is 1.97 bits per heavy atom. The van der Waals surface area contributed by atoms with Gasteiger partial charge in [-0.25, -0.2) is 12.8 Å². The molecule has 1 saturated heterocycles. The Hall–Kier alpha value is -2.43. The predicted molar refractivity (Wildman–Crippen MR) is 109 cm³/mol. The standard InChI is InChI=1S/C22H25FN2O3S/c1-16(2)28-20-5-3-17(4-6-20)13-25-10-9-18(14-25)15-29(26,27)21-7-8-22(23)19(11-21)12-24/h3-8,11,16,18H,9-10,13-15H2,1-2H3/t18-/m1/s1. The lowest BCUT2D eigenvalue weighted by Gasteiger charge is -2.17. The van der Waals surface area contributed by atoms with Crippen molar-refractivity contribution in [3.05, 3.63) is 59.4 Å². The zero-order chi connectivity index (χ0) is 21.0. The molecule has 2 aromatic rings. The van der Waals surface area contributed by atoms with Crippen molar-refractivity contribution in [2.45, 2.75) is 37.8 Å². The first-order valence-corrected chi connectivity index (χ1v) is 11.3. The third-order valence-corrected chi connectivity index (χ3v) is 6.83. The zero-order valence-corrected chi connectivity index (χ0v) is 17.5. The van der Waals surface area contributed by atoms with Crippen molar-refractivity contribution < 1.29 is 17.5 Å². The number of sulfone groups is 1. The van der Waals surface area contributed by atoms with Crippen molar-refractivity contribution in [3.8, 4) is 11.8 Å². The molecule has 2 aromatic carbocycles. The van der Waals surface area contributed by atoms with E-state index >= 15 is 0 Å².